The van der Waals surface area contributed by atoms with Crippen LogP contribution in [0, 0.1) is 0 Å². The normalized spacial score (nSPS) is 18.9. The SMILES string of the molecule is CC1(Nc2ccc(N)cc2C(F)(F)F)CCCC1. The molecule has 1 aliphatic carbocycles. The average Bonchev–Trinajstić information content (AvgIpc) is 2.66. The lowest BCUT2D eigenvalue weighted by Gasteiger charge is -2.28. The van der Waals surface area contributed by atoms with Gasteiger partial charge in [0.05, 0.1) is 5.56 Å². The van der Waals surface area contributed by atoms with Crippen molar-refractivity contribution in [3.05, 3.63) is 23.8 Å². The molecule has 0 atom stereocenters. The van der Waals surface area contributed by atoms with Crippen molar-refractivity contribution in [2.24, 2.45) is 0 Å². The van der Waals surface area contributed by atoms with Crippen LogP contribution in [0.3, 0.4) is 0 Å². The number of rotatable bonds is 2. The Hall–Kier alpha value is -1.39. The molecule has 1 aromatic carbocycles. The van der Waals surface area contributed by atoms with Crippen molar-refractivity contribution in [2.75, 3.05) is 11.1 Å². The third kappa shape index (κ3) is 2.71. The van der Waals surface area contributed by atoms with Crippen LogP contribution in [0.1, 0.15) is 38.2 Å². The molecule has 2 nitrogen and oxygen atoms in total. The van der Waals surface area contributed by atoms with Gasteiger partial charge in [0, 0.05) is 16.9 Å². The zero-order valence-electron chi connectivity index (χ0n) is 10.3. The maximum atomic E-state index is 12.9. The summed E-state index contributed by atoms with van der Waals surface area (Å²) >= 11 is 0. The largest absolute Gasteiger partial charge is 0.418 e. The second-order valence-corrected chi connectivity index (χ2v) is 5.20. The number of nitrogens with one attached hydrogen (secondary N) is 1. The van der Waals surface area contributed by atoms with Crippen LogP contribution < -0.4 is 11.1 Å². The predicted molar refractivity (Wildman–Crippen MR) is 66.4 cm³/mol. The monoisotopic (exact) mass is 258 g/mol. The highest BCUT2D eigenvalue weighted by Crippen LogP contribution is 2.39. The third-order valence-electron chi connectivity index (χ3n) is 3.49. The van der Waals surface area contributed by atoms with E-state index in [2.05, 4.69) is 5.32 Å². The molecule has 0 saturated heterocycles. The van der Waals surface area contributed by atoms with Crippen LogP contribution >= 0.6 is 0 Å². The topological polar surface area (TPSA) is 38.0 Å². The summed E-state index contributed by atoms with van der Waals surface area (Å²) in [6, 6.07) is 3.90. The van der Waals surface area contributed by atoms with Crippen LogP contribution in [0.15, 0.2) is 18.2 Å². The number of halogens is 3. The average molecular weight is 258 g/mol. The Morgan fingerprint density at radius 3 is 2.39 bits per heavy atom. The molecule has 0 spiro atoms. The van der Waals surface area contributed by atoms with Gasteiger partial charge >= 0.3 is 6.18 Å². The van der Waals surface area contributed by atoms with E-state index in [0.717, 1.165) is 31.7 Å². The Bertz CT molecular complexity index is 434. The first-order valence-corrected chi connectivity index (χ1v) is 6.05. The van der Waals surface area contributed by atoms with Gasteiger partial charge in [0.25, 0.3) is 0 Å². The number of benzene rings is 1. The van der Waals surface area contributed by atoms with Crippen LogP contribution in [0.25, 0.3) is 0 Å². The molecule has 0 aromatic heterocycles. The molecule has 0 aliphatic heterocycles. The van der Waals surface area contributed by atoms with Gasteiger partial charge in [0.1, 0.15) is 0 Å². The maximum Gasteiger partial charge on any atom is 0.418 e. The lowest BCUT2D eigenvalue weighted by Crippen LogP contribution is -2.32. The summed E-state index contributed by atoms with van der Waals surface area (Å²) in [7, 11) is 0. The number of alkyl halides is 3. The van der Waals surface area contributed by atoms with Gasteiger partial charge in [-0.25, -0.2) is 0 Å². The molecule has 2 rings (SSSR count). The first-order valence-electron chi connectivity index (χ1n) is 6.05. The smallest absolute Gasteiger partial charge is 0.399 e. The minimum absolute atomic E-state index is 0.126. The van der Waals surface area contributed by atoms with Crippen molar-refractivity contribution < 1.29 is 13.2 Å². The van der Waals surface area contributed by atoms with Crippen LogP contribution in [-0.2, 0) is 6.18 Å². The Labute approximate surface area is 104 Å². The van der Waals surface area contributed by atoms with Crippen LogP contribution in [0.5, 0.6) is 0 Å². The molecule has 0 bridgehead atoms. The van der Waals surface area contributed by atoms with Crippen LogP contribution in [-0.4, -0.2) is 5.54 Å². The molecular weight excluding hydrogens is 241 g/mol. The van der Waals surface area contributed by atoms with Gasteiger partial charge in [-0.15, -0.1) is 0 Å². The minimum atomic E-state index is -4.38. The molecule has 1 aromatic rings. The number of nitrogen functional groups attached to an aromatic ring is 1. The molecule has 18 heavy (non-hydrogen) atoms. The zero-order chi connectivity index (χ0) is 13.4. The Morgan fingerprint density at radius 1 is 1.22 bits per heavy atom. The third-order valence-corrected chi connectivity index (χ3v) is 3.49. The number of hydrogen-bond donors (Lipinski definition) is 2. The Morgan fingerprint density at radius 2 is 1.83 bits per heavy atom. The molecule has 100 valence electrons. The molecule has 5 heteroatoms. The van der Waals surface area contributed by atoms with Gasteiger partial charge in [0.2, 0.25) is 0 Å². The number of hydrogen-bond acceptors (Lipinski definition) is 2. The molecule has 1 fully saturated rings. The minimum Gasteiger partial charge on any atom is -0.399 e. The van der Waals surface area contributed by atoms with Crippen molar-refractivity contribution in [1.29, 1.82) is 0 Å². The van der Waals surface area contributed by atoms with Gasteiger partial charge in [-0.3, -0.25) is 0 Å². The summed E-state index contributed by atoms with van der Waals surface area (Å²) in [5.74, 6) is 0. The van der Waals surface area contributed by atoms with Crippen LogP contribution in [0.4, 0.5) is 24.5 Å². The van der Waals surface area contributed by atoms with E-state index < -0.39 is 11.7 Å². The van der Waals surface area contributed by atoms with E-state index in [0.29, 0.717) is 0 Å². The number of nitrogens with two attached hydrogens (primary N) is 1. The zero-order valence-corrected chi connectivity index (χ0v) is 10.3. The van der Waals surface area contributed by atoms with E-state index in [1.165, 1.54) is 12.1 Å². The lowest BCUT2D eigenvalue weighted by atomic mass is 9.99. The molecule has 0 heterocycles. The van der Waals surface area contributed by atoms with Gasteiger partial charge in [-0.1, -0.05) is 12.8 Å². The van der Waals surface area contributed by atoms with Gasteiger partial charge < -0.3 is 11.1 Å². The highest BCUT2D eigenvalue weighted by Gasteiger charge is 2.36. The molecule has 0 radical (unpaired) electrons. The standard InChI is InChI=1S/C13H17F3N2/c1-12(6-2-3-7-12)18-11-5-4-9(17)8-10(11)13(14,15)16/h4-5,8,18H,2-3,6-7,17H2,1H3. The molecule has 1 saturated carbocycles. The van der Waals surface area contributed by atoms with Crippen molar-refractivity contribution in [1.82, 2.24) is 0 Å². The van der Waals surface area contributed by atoms with Gasteiger partial charge in [-0.2, -0.15) is 13.2 Å². The van der Waals surface area contributed by atoms with Crippen molar-refractivity contribution in [2.45, 2.75) is 44.3 Å². The highest BCUT2D eigenvalue weighted by atomic mass is 19.4. The fourth-order valence-electron chi connectivity index (χ4n) is 2.51. The van der Waals surface area contributed by atoms with E-state index in [1.807, 2.05) is 6.92 Å². The maximum absolute atomic E-state index is 12.9. The molecular formula is C13H17F3N2. The fourth-order valence-corrected chi connectivity index (χ4v) is 2.51. The predicted octanol–water partition coefficient (Wildman–Crippen LogP) is 4.03. The summed E-state index contributed by atoms with van der Waals surface area (Å²) in [5.41, 5.74) is 4.77. The summed E-state index contributed by atoms with van der Waals surface area (Å²) in [6.45, 7) is 1.97. The lowest BCUT2D eigenvalue weighted by molar-refractivity contribution is -0.136. The van der Waals surface area contributed by atoms with Gasteiger partial charge in [-0.05, 0) is 38.0 Å². The Kier molecular flexibility index (Phi) is 3.17. The summed E-state index contributed by atoms with van der Waals surface area (Å²) < 4.78 is 38.8. The first kappa shape index (κ1) is 13.1. The molecule has 0 unspecified atom stereocenters. The van der Waals surface area contributed by atoms with E-state index in [9.17, 15) is 13.2 Å². The van der Waals surface area contributed by atoms with Gasteiger partial charge in [0.15, 0.2) is 0 Å². The quantitative estimate of drug-likeness (QED) is 0.786. The first-order chi connectivity index (χ1) is 8.30. The molecule has 0 amide bonds. The summed E-state index contributed by atoms with van der Waals surface area (Å²) in [4.78, 5) is 0. The fraction of sp³-hybridized carbons (Fsp3) is 0.538. The second-order valence-electron chi connectivity index (χ2n) is 5.20. The van der Waals surface area contributed by atoms with Crippen molar-refractivity contribution in [3.63, 3.8) is 0 Å². The number of anilines is 2. The van der Waals surface area contributed by atoms with Crippen molar-refractivity contribution in [3.8, 4) is 0 Å². The van der Waals surface area contributed by atoms with Crippen molar-refractivity contribution >= 4 is 11.4 Å². The molecule has 3 N–H and O–H groups in total. The Balaban J connectivity index is 2.32. The highest BCUT2D eigenvalue weighted by molar-refractivity contribution is 5.60. The van der Waals surface area contributed by atoms with E-state index in [4.69, 9.17) is 5.73 Å². The van der Waals surface area contributed by atoms with E-state index in [-0.39, 0.29) is 16.9 Å². The van der Waals surface area contributed by atoms with E-state index >= 15 is 0 Å². The van der Waals surface area contributed by atoms with E-state index in [1.54, 1.807) is 0 Å². The summed E-state index contributed by atoms with van der Waals surface area (Å²) in [5, 5.41) is 3.04. The summed E-state index contributed by atoms with van der Waals surface area (Å²) in [6.07, 6.45) is -0.477. The molecule has 1 aliphatic rings. The second kappa shape index (κ2) is 4.37. The van der Waals surface area contributed by atoms with Crippen LogP contribution in [0.2, 0.25) is 0 Å².